The summed E-state index contributed by atoms with van der Waals surface area (Å²) in [7, 11) is -3.50. The minimum Gasteiger partial charge on any atom is -0.366 e. The second-order valence-corrected chi connectivity index (χ2v) is 10.7. The maximum atomic E-state index is 12.3. The molecule has 33 heavy (non-hydrogen) atoms. The van der Waals surface area contributed by atoms with E-state index in [-0.39, 0.29) is 16.9 Å². The van der Waals surface area contributed by atoms with Gasteiger partial charge in [-0.05, 0) is 55.9 Å². The largest absolute Gasteiger partial charge is 0.366 e. The number of rotatable bonds is 8. The lowest BCUT2D eigenvalue weighted by Crippen LogP contribution is -2.33. The van der Waals surface area contributed by atoms with Gasteiger partial charge in [-0.3, -0.25) is 0 Å². The van der Waals surface area contributed by atoms with Crippen molar-refractivity contribution in [2.24, 2.45) is 5.73 Å². The Hall–Kier alpha value is -2.69. The van der Waals surface area contributed by atoms with Crippen molar-refractivity contribution >= 4 is 32.9 Å². The maximum Gasteiger partial charge on any atom is 0.240 e. The second kappa shape index (κ2) is 9.66. The number of nitrogens with one attached hydrogen (secondary N) is 3. The highest BCUT2D eigenvalue weighted by Crippen LogP contribution is 2.36. The van der Waals surface area contributed by atoms with Crippen LogP contribution in [0.1, 0.15) is 57.9 Å². The Kier molecular flexibility index (Phi) is 6.87. The van der Waals surface area contributed by atoms with Crippen molar-refractivity contribution in [1.82, 2.24) is 19.3 Å². The number of nitrogens with zero attached hydrogens (tertiary/aromatic N) is 3. The first kappa shape index (κ1) is 23.5. The van der Waals surface area contributed by atoms with Crippen molar-refractivity contribution in [2.45, 2.75) is 69.4 Å². The number of benzene rings is 1. The standard InChI is InChI=1S/C23H33N7O2S/c1-4-26-33(31,32)19-11-9-17(10-12-19)27-21-20(15(2)3)22(29-30-14-13-25-23(21)30)28-18-7-5-16(24)6-8-18/h9-16,18,26-27H,4-8,24H2,1-3H3,(H,28,29). The van der Waals surface area contributed by atoms with Gasteiger partial charge in [-0.1, -0.05) is 20.8 Å². The van der Waals surface area contributed by atoms with E-state index in [1.54, 1.807) is 41.9 Å². The number of hydrogen-bond acceptors (Lipinski definition) is 7. The van der Waals surface area contributed by atoms with Crippen LogP contribution in [-0.4, -0.2) is 41.6 Å². The molecule has 1 aliphatic carbocycles. The fourth-order valence-corrected chi connectivity index (χ4v) is 5.38. The molecule has 0 atom stereocenters. The number of anilines is 3. The van der Waals surface area contributed by atoms with Crippen molar-refractivity contribution in [3.05, 3.63) is 42.2 Å². The van der Waals surface area contributed by atoms with Crippen molar-refractivity contribution in [1.29, 1.82) is 0 Å². The van der Waals surface area contributed by atoms with Crippen molar-refractivity contribution in [3.63, 3.8) is 0 Å². The van der Waals surface area contributed by atoms with Crippen LogP contribution in [-0.2, 0) is 10.0 Å². The molecular weight excluding hydrogens is 438 g/mol. The number of fused-ring (bicyclic) bond motifs is 1. The van der Waals surface area contributed by atoms with Gasteiger partial charge in [0, 0.05) is 42.3 Å². The Morgan fingerprint density at radius 3 is 2.48 bits per heavy atom. The number of nitrogens with two attached hydrogens (primary N) is 1. The van der Waals surface area contributed by atoms with Gasteiger partial charge < -0.3 is 16.4 Å². The predicted molar refractivity (Wildman–Crippen MR) is 132 cm³/mol. The summed E-state index contributed by atoms with van der Waals surface area (Å²) in [5, 5.41) is 12.0. The van der Waals surface area contributed by atoms with Crippen LogP contribution in [0.3, 0.4) is 0 Å². The summed E-state index contributed by atoms with van der Waals surface area (Å²) in [4.78, 5) is 4.76. The fourth-order valence-electron chi connectivity index (χ4n) is 4.34. The smallest absolute Gasteiger partial charge is 0.240 e. The molecule has 5 N–H and O–H groups in total. The van der Waals surface area contributed by atoms with Gasteiger partial charge in [-0.25, -0.2) is 22.6 Å². The van der Waals surface area contributed by atoms with Gasteiger partial charge in [-0.2, -0.15) is 0 Å². The molecule has 0 saturated heterocycles. The number of hydrogen-bond donors (Lipinski definition) is 4. The molecule has 2 aromatic heterocycles. The van der Waals surface area contributed by atoms with E-state index in [9.17, 15) is 8.42 Å². The van der Waals surface area contributed by atoms with E-state index in [1.807, 2.05) is 6.20 Å². The fraction of sp³-hybridized carbons (Fsp3) is 0.478. The van der Waals surface area contributed by atoms with E-state index < -0.39 is 10.0 Å². The highest BCUT2D eigenvalue weighted by Gasteiger charge is 2.24. The third-order valence-electron chi connectivity index (χ3n) is 6.04. The molecule has 0 radical (unpaired) electrons. The zero-order chi connectivity index (χ0) is 23.6. The highest BCUT2D eigenvalue weighted by atomic mass is 32.2. The van der Waals surface area contributed by atoms with Gasteiger partial charge in [0.05, 0.1) is 10.6 Å². The van der Waals surface area contributed by atoms with Crippen molar-refractivity contribution < 1.29 is 8.42 Å². The molecule has 0 amide bonds. The van der Waals surface area contributed by atoms with Crippen LogP contribution in [0.5, 0.6) is 0 Å². The summed E-state index contributed by atoms with van der Waals surface area (Å²) in [5.41, 5.74) is 9.50. The molecule has 1 saturated carbocycles. The number of sulfonamides is 1. The summed E-state index contributed by atoms with van der Waals surface area (Å²) in [6.45, 7) is 6.37. The van der Waals surface area contributed by atoms with Crippen LogP contribution in [0.2, 0.25) is 0 Å². The first-order chi connectivity index (χ1) is 15.8. The van der Waals surface area contributed by atoms with Gasteiger partial charge >= 0.3 is 0 Å². The van der Waals surface area contributed by atoms with E-state index in [0.29, 0.717) is 12.6 Å². The van der Waals surface area contributed by atoms with E-state index >= 15 is 0 Å². The third kappa shape index (κ3) is 5.13. The van der Waals surface area contributed by atoms with Crippen LogP contribution < -0.4 is 21.1 Å². The normalized spacial score (nSPS) is 19.2. The zero-order valence-electron chi connectivity index (χ0n) is 19.4. The summed E-state index contributed by atoms with van der Waals surface area (Å²) < 4.78 is 28.8. The number of aromatic nitrogens is 3. The molecule has 0 unspecified atom stereocenters. The first-order valence-electron chi connectivity index (χ1n) is 11.5. The quantitative estimate of drug-likeness (QED) is 0.395. The SMILES string of the molecule is CCNS(=O)(=O)c1ccc(Nc2c(C(C)C)c(NC3CCC(N)CC3)nn3ccnc23)cc1. The van der Waals surface area contributed by atoms with Crippen LogP contribution in [0, 0.1) is 0 Å². The molecule has 1 aliphatic rings. The maximum absolute atomic E-state index is 12.3. The van der Waals surface area contributed by atoms with Crippen LogP contribution in [0.4, 0.5) is 17.2 Å². The van der Waals surface area contributed by atoms with Crippen molar-refractivity contribution in [2.75, 3.05) is 17.2 Å². The minimum absolute atomic E-state index is 0.184. The molecule has 0 spiro atoms. The van der Waals surface area contributed by atoms with E-state index in [4.69, 9.17) is 10.8 Å². The highest BCUT2D eigenvalue weighted by molar-refractivity contribution is 7.89. The molecule has 9 nitrogen and oxygen atoms in total. The van der Waals surface area contributed by atoms with Crippen LogP contribution >= 0.6 is 0 Å². The molecule has 1 fully saturated rings. The number of imidazole rings is 1. The molecule has 0 aliphatic heterocycles. The molecule has 10 heteroatoms. The van der Waals surface area contributed by atoms with E-state index in [1.165, 1.54) is 0 Å². The summed E-state index contributed by atoms with van der Waals surface area (Å²) >= 11 is 0. The lowest BCUT2D eigenvalue weighted by molar-refractivity contribution is 0.410. The first-order valence-corrected chi connectivity index (χ1v) is 13.0. The molecular formula is C23H33N7O2S. The van der Waals surface area contributed by atoms with E-state index in [0.717, 1.165) is 54.1 Å². The average molecular weight is 472 g/mol. The minimum atomic E-state index is -3.50. The van der Waals surface area contributed by atoms with Gasteiger partial charge in [0.25, 0.3) is 0 Å². The van der Waals surface area contributed by atoms with Gasteiger partial charge in [0.15, 0.2) is 11.5 Å². The Balaban J connectivity index is 1.69. The summed E-state index contributed by atoms with van der Waals surface area (Å²) in [5.74, 6) is 1.02. The third-order valence-corrected chi connectivity index (χ3v) is 7.60. The van der Waals surface area contributed by atoms with E-state index in [2.05, 4.69) is 34.2 Å². The molecule has 0 bridgehead atoms. The van der Waals surface area contributed by atoms with Crippen molar-refractivity contribution in [3.8, 4) is 0 Å². The lowest BCUT2D eigenvalue weighted by Gasteiger charge is -2.29. The Labute approximate surface area is 195 Å². The van der Waals surface area contributed by atoms with Gasteiger partial charge in [0.1, 0.15) is 0 Å². The second-order valence-electron chi connectivity index (χ2n) is 8.89. The van der Waals surface area contributed by atoms with Crippen LogP contribution in [0.25, 0.3) is 5.65 Å². The van der Waals surface area contributed by atoms with Crippen LogP contribution in [0.15, 0.2) is 41.6 Å². The van der Waals surface area contributed by atoms with Gasteiger partial charge in [0.2, 0.25) is 10.0 Å². The topological polar surface area (TPSA) is 126 Å². The predicted octanol–water partition coefficient (Wildman–Crippen LogP) is 3.58. The van der Waals surface area contributed by atoms with Gasteiger partial charge in [-0.15, -0.1) is 5.10 Å². The molecule has 178 valence electrons. The molecule has 1 aromatic carbocycles. The lowest BCUT2D eigenvalue weighted by atomic mass is 9.91. The summed E-state index contributed by atoms with van der Waals surface area (Å²) in [6, 6.07) is 7.36. The Morgan fingerprint density at radius 2 is 1.85 bits per heavy atom. The Morgan fingerprint density at radius 1 is 1.15 bits per heavy atom. The summed E-state index contributed by atoms with van der Waals surface area (Å²) in [6.07, 6.45) is 7.62. The molecule has 3 aromatic rings. The molecule has 2 heterocycles. The monoisotopic (exact) mass is 471 g/mol. The average Bonchev–Trinajstić information content (AvgIpc) is 3.24. The zero-order valence-corrected chi connectivity index (χ0v) is 20.2. The molecule has 4 rings (SSSR count). The Bertz CT molecular complexity index is 1200.